The Morgan fingerprint density at radius 2 is 1.06 bits per heavy atom. The van der Waals surface area contributed by atoms with E-state index in [1.165, 1.54) is 38.5 Å². The van der Waals surface area contributed by atoms with E-state index in [0.717, 1.165) is 31.1 Å². The van der Waals surface area contributed by atoms with Gasteiger partial charge in [0.2, 0.25) is 0 Å². The number of allylic oxidation sites excluding steroid dienone is 2. The maximum Gasteiger partial charge on any atom is 0.310 e. The highest BCUT2D eigenvalue weighted by atomic mass is 16.5. The van der Waals surface area contributed by atoms with E-state index < -0.39 is 0 Å². The molecule has 1 saturated carbocycles. The monoisotopic (exact) mass is 462 g/mol. The number of hydrogen-bond acceptors (Lipinski definition) is 4. The molecule has 2 aliphatic carbocycles. The van der Waals surface area contributed by atoms with Crippen molar-refractivity contribution in [2.45, 2.75) is 99.3 Å². The van der Waals surface area contributed by atoms with Gasteiger partial charge in [-0.1, -0.05) is 92.2 Å². The molecule has 0 aromatic heterocycles. The van der Waals surface area contributed by atoms with Gasteiger partial charge >= 0.3 is 11.9 Å². The van der Waals surface area contributed by atoms with E-state index in [2.05, 4.69) is 53.7 Å². The van der Waals surface area contributed by atoms with Crippen LogP contribution in [0.1, 0.15) is 99.3 Å². The summed E-state index contributed by atoms with van der Waals surface area (Å²) in [5, 5.41) is 0. The molecule has 0 aromatic rings. The molecule has 0 aliphatic heterocycles. The molecule has 0 amide bonds. The van der Waals surface area contributed by atoms with E-state index in [0.29, 0.717) is 25.0 Å². The van der Waals surface area contributed by atoms with Crippen LogP contribution in [0.2, 0.25) is 0 Å². The number of hydrogen-bond donors (Lipinski definition) is 0. The topological polar surface area (TPSA) is 52.6 Å². The predicted molar refractivity (Wildman–Crippen MR) is 135 cm³/mol. The molecule has 0 spiro atoms. The van der Waals surface area contributed by atoms with Crippen LogP contribution in [0.5, 0.6) is 0 Å². The molecule has 2 rings (SSSR count). The molecule has 2 aliphatic rings. The second-order valence-electron chi connectivity index (χ2n) is 11.8. The van der Waals surface area contributed by atoms with Gasteiger partial charge in [0.25, 0.3) is 0 Å². The first-order valence-corrected chi connectivity index (χ1v) is 13.7. The summed E-state index contributed by atoms with van der Waals surface area (Å²) in [5.74, 6) is 1.70. The zero-order chi connectivity index (χ0) is 24.4. The van der Waals surface area contributed by atoms with Crippen molar-refractivity contribution in [2.24, 2.45) is 47.3 Å². The van der Waals surface area contributed by atoms with Crippen molar-refractivity contribution in [3.63, 3.8) is 0 Å². The summed E-state index contributed by atoms with van der Waals surface area (Å²) in [4.78, 5) is 25.9. The summed E-state index contributed by atoms with van der Waals surface area (Å²) in [7, 11) is 0. The molecular weight excluding hydrogens is 412 g/mol. The molecule has 0 aromatic carbocycles. The number of esters is 2. The highest BCUT2D eigenvalue weighted by Gasteiger charge is 2.53. The van der Waals surface area contributed by atoms with Gasteiger partial charge in [-0.05, 0) is 54.8 Å². The Balaban J connectivity index is 1.74. The normalized spacial score (nSPS) is 25.6. The largest absolute Gasteiger partial charge is 0.465 e. The van der Waals surface area contributed by atoms with Gasteiger partial charge in [0.1, 0.15) is 0 Å². The van der Waals surface area contributed by atoms with Crippen molar-refractivity contribution < 1.29 is 19.1 Å². The van der Waals surface area contributed by atoms with Gasteiger partial charge in [-0.25, -0.2) is 0 Å². The minimum Gasteiger partial charge on any atom is -0.465 e. The minimum atomic E-state index is -0.368. The van der Waals surface area contributed by atoms with Crippen LogP contribution in [0, 0.1) is 47.3 Å². The zero-order valence-electron chi connectivity index (χ0n) is 22.2. The summed E-state index contributed by atoms with van der Waals surface area (Å²) in [6, 6.07) is 0. The number of fused-ring (bicyclic) bond motifs is 2. The fraction of sp³-hybridized carbons (Fsp3) is 0.862. The maximum absolute atomic E-state index is 12.9. The third-order valence-corrected chi connectivity index (χ3v) is 7.67. The second-order valence-corrected chi connectivity index (χ2v) is 11.8. The molecule has 0 radical (unpaired) electrons. The molecular formula is C29H50O4. The van der Waals surface area contributed by atoms with Crippen LogP contribution in [-0.4, -0.2) is 25.2 Å². The smallest absolute Gasteiger partial charge is 0.310 e. The zero-order valence-corrected chi connectivity index (χ0v) is 22.2. The molecule has 6 unspecified atom stereocenters. The van der Waals surface area contributed by atoms with Gasteiger partial charge in [-0.2, -0.15) is 0 Å². The van der Waals surface area contributed by atoms with Crippen molar-refractivity contribution in [1.82, 2.24) is 0 Å². The van der Waals surface area contributed by atoms with Crippen LogP contribution in [-0.2, 0) is 19.1 Å². The van der Waals surface area contributed by atoms with Gasteiger partial charge < -0.3 is 9.47 Å². The summed E-state index contributed by atoms with van der Waals surface area (Å²) >= 11 is 0. The molecule has 33 heavy (non-hydrogen) atoms. The first-order chi connectivity index (χ1) is 15.7. The van der Waals surface area contributed by atoms with Crippen molar-refractivity contribution in [1.29, 1.82) is 0 Å². The molecule has 4 nitrogen and oxygen atoms in total. The first kappa shape index (κ1) is 27.9. The van der Waals surface area contributed by atoms with E-state index in [4.69, 9.17) is 9.47 Å². The Kier molecular flexibility index (Phi) is 12.0. The van der Waals surface area contributed by atoms with Gasteiger partial charge in [-0.3, -0.25) is 9.59 Å². The van der Waals surface area contributed by atoms with Crippen LogP contribution in [0.3, 0.4) is 0 Å². The molecule has 6 atom stereocenters. The van der Waals surface area contributed by atoms with Crippen molar-refractivity contribution >= 4 is 11.9 Å². The maximum atomic E-state index is 12.9. The lowest BCUT2D eigenvalue weighted by atomic mass is 9.83. The summed E-state index contributed by atoms with van der Waals surface area (Å²) in [5.41, 5.74) is 0. The van der Waals surface area contributed by atoms with Gasteiger partial charge in [0.05, 0.1) is 25.0 Å². The van der Waals surface area contributed by atoms with Gasteiger partial charge in [0.15, 0.2) is 0 Å². The van der Waals surface area contributed by atoms with Gasteiger partial charge in [0, 0.05) is 0 Å². The molecule has 1 fully saturated rings. The number of carbonyl (C=O) groups excluding carboxylic acids is 2. The Morgan fingerprint density at radius 3 is 1.42 bits per heavy atom. The van der Waals surface area contributed by atoms with E-state index >= 15 is 0 Å². The molecule has 0 saturated heterocycles. The lowest BCUT2D eigenvalue weighted by Crippen LogP contribution is -2.35. The molecule has 2 bridgehead atoms. The highest BCUT2D eigenvalue weighted by molar-refractivity contribution is 5.84. The Morgan fingerprint density at radius 1 is 0.667 bits per heavy atom. The van der Waals surface area contributed by atoms with Crippen LogP contribution < -0.4 is 0 Å². The molecule has 0 heterocycles. The average Bonchev–Trinajstić information content (AvgIpc) is 3.34. The van der Waals surface area contributed by atoms with E-state index in [1.54, 1.807) is 0 Å². The molecule has 190 valence electrons. The fourth-order valence-electron chi connectivity index (χ4n) is 5.42. The van der Waals surface area contributed by atoms with E-state index in [-0.39, 0.29) is 35.6 Å². The Labute approximate surface area is 203 Å². The summed E-state index contributed by atoms with van der Waals surface area (Å²) < 4.78 is 11.4. The molecule has 4 heteroatoms. The van der Waals surface area contributed by atoms with Crippen LogP contribution in [0.25, 0.3) is 0 Å². The second kappa shape index (κ2) is 14.2. The third-order valence-electron chi connectivity index (χ3n) is 7.67. The number of rotatable bonds is 16. The molecule has 0 N–H and O–H groups in total. The lowest BCUT2D eigenvalue weighted by Gasteiger charge is -2.25. The summed E-state index contributed by atoms with van der Waals surface area (Å²) in [6.07, 6.45) is 14.2. The quantitative estimate of drug-likeness (QED) is 0.179. The third kappa shape index (κ3) is 9.45. The standard InChI is InChI=1S/C29H50O4/c1-20(2)9-7-11-22(5)15-17-32-28(30)26-24-13-14-25(19-24)27(26)29(31)33-18-16-23(6)12-8-10-21(3)4/h13-14,20-27H,7-12,15-19H2,1-6H3. The van der Waals surface area contributed by atoms with E-state index in [9.17, 15) is 9.59 Å². The lowest BCUT2D eigenvalue weighted by molar-refractivity contribution is -0.161. The van der Waals surface area contributed by atoms with Crippen molar-refractivity contribution in [3.8, 4) is 0 Å². The highest BCUT2D eigenvalue weighted by Crippen LogP contribution is 2.49. The first-order valence-electron chi connectivity index (χ1n) is 13.7. The van der Waals surface area contributed by atoms with Crippen LogP contribution in [0.15, 0.2) is 12.2 Å². The van der Waals surface area contributed by atoms with Crippen LogP contribution >= 0.6 is 0 Å². The minimum absolute atomic E-state index is 0.124. The summed E-state index contributed by atoms with van der Waals surface area (Å²) in [6.45, 7) is 14.4. The number of carbonyl (C=O) groups is 2. The predicted octanol–water partition coefficient (Wildman–Crippen LogP) is 7.22. The Bertz CT molecular complexity index is 571. The Hall–Kier alpha value is -1.32. The average molecular weight is 463 g/mol. The van der Waals surface area contributed by atoms with Gasteiger partial charge in [-0.15, -0.1) is 0 Å². The number of ether oxygens (including phenoxy) is 2. The van der Waals surface area contributed by atoms with Crippen LogP contribution in [0.4, 0.5) is 0 Å². The van der Waals surface area contributed by atoms with Crippen molar-refractivity contribution in [3.05, 3.63) is 12.2 Å². The van der Waals surface area contributed by atoms with E-state index in [1.807, 2.05) is 0 Å². The SMILES string of the molecule is CC(C)CCCC(C)CCOC(=O)C1C2C=CC(C2)C1C(=O)OCCC(C)CCCC(C)C. The fourth-order valence-corrected chi connectivity index (χ4v) is 5.42. The van der Waals surface area contributed by atoms with Crippen molar-refractivity contribution in [2.75, 3.05) is 13.2 Å².